The summed E-state index contributed by atoms with van der Waals surface area (Å²) in [5.41, 5.74) is 3.39. The normalized spacial score (nSPS) is 14.7. The van der Waals surface area contributed by atoms with Crippen LogP contribution in [-0.2, 0) is 22.4 Å². The number of piperazine rings is 1. The summed E-state index contributed by atoms with van der Waals surface area (Å²) >= 11 is 0. The Balaban J connectivity index is 1.37. The van der Waals surface area contributed by atoms with Gasteiger partial charge >= 0.3 is 0 Å². The van der Waals surface area contributed by atoms with E-state index in [2.05, 4.69) is 5.16 Å². The average Bonchev–Trinajstić information content (AvgIpc) is 3.31. The van der Waals surface area contributed by atoms with Crippen LogP contribution in [0.3, 0.4) is 0 Å². The topological polar surface area (TPSA) is 79.8 Å². The molecule has 162 valence electrons. The fourth-order valence-corrected chi connectivity index (χ4v) is 4.01. The van der Waals surface area contributed by atoms with Gasteiger partial charge in [0.15, 0.2) is 0 Å². The number of para-hydroxylation sites is 1. The molecule has 1 saturated heterocycles. The maximum Gasteiger partial charge on any atom is 0.246 e. The van der Waals surface area contributed by atoms with Crippen LogP contribution in [0.1, 0.15) is 35.3 Å². The Morgan fingerprint density at radius 3 is 2.48 bits per heavy atom. The van der Waals surface area contributed by atoms with E-state index in [-0.39, 0.29) is 18.2 Å². The zero-order chi connectivity index (χ0) is 22.0. The van der Waals surface area contributed by atoms with E-state index < -0.39 is 0 Å². The molecule has 1 fully saturated rings. The van der Waals surface area contributed by atoms with Gasteiger partial charge in [0, 0.05) is 55.2 Å². The summed E-state index contributed by atoms with van der Waals surface area (Å²) in [6.07, 6.45) is 4.50. The van der Waals surface area contributed by atoms with E-state index in [1.165, 1.54) is 0 Å². The van der Waals surface area contributed by atoms with Gasteiger partial charge in [0.1, 0.15) is 17.1 Å². The van der Waals surface area contributed by atoms with Crippen LogP contribution in [0.5, 0.6) is 0 Å². The van der Waals surface area contributed by atoms with E-state index in [1.54, 1.807) is 15.9 Å². The van der Waals surface area contributed by atoms with Crippen LogP contribution in [0.15, 0.2) is 39.3 Å². The van der Waals surface area contributed by atoms with E-state index in [0.29, 0.717) is 31.9 Å². The maximum absolute atomic E-state index is 12.7. The van der Waals surface area contributed by atoms with Crippen molar-refractivity contribution in [2.24, 2.45) is 0 Å². The van der Waals surface area contributed by atoms with Crippen molar-refractivity contribution >= 4 is 28.9 Å². The van der Waals surface area contributed by atoms with Crippen LogP contribution in [0.25, 0.3) is 17.0 Å². The smallest absolute Gasteiger partial charge is 0.246 e. The molecule has 0 N–H and O–H groups in total. The Bertz CT molecular complexity index is 1110. The minimum Gasteiger partial charge on any atom is -0.460 e. The van der Waals surface area contributed by atoms with Crippen molar-refractivity contribution < 1.29 is 18.5 Å². The van der Waals surface area contributed by atoms with Gasteiger partial charge in [-0.2, -0.15) is 0 Å². The molecule has 2 aromatic heterocycles. The molecule has 7 nitrogen and oxygen atoms in total. The van der Waals surface area contributed by atoms with Crippen molar-refractivity contribution in [3.8, 4) is 0 Å². The Morgan fingerprint density at radius 2 is 1.81 bits per heavy atom. The number of fused-ring (bicyclic) bond motifs is 1. The third-order valence-corrected chi connectivity index (χ3v) is 5.88. The molecule has 31 heavy (non-hydrogen) atoms. The molecule has 0 aliphatic carbocycles. The minimum atomic E-state index is -0.0508. The minimum absolute atomic E-state index is 0.0366. The summed E-state index contributed by atoms with van der Waals surface area (Å²) in [5, 5.41) is 4.92. The van der Waals surface area contributed by atoms with Crippen molar-refractivity contribution in [3.05, 3.63) is 58.7 Å². The molecule has 0 bridgehead atoms. The van der Waals surface area contributed by atoms with Crippen molar-refractivity contribution in [3.63, 3.8) is 0 Å². The van der Waals surface area contributed by atoms with Gasteiger partial charge in [0.2, 0.25) is 11.8 Å². The number of carbonyl (C=O) groups excluding carboxylic acids is 2. The van der Waals surface area contributed by atoms with Crippen molar-refractivity contribution in [1.82, 2.24) is 15.0 Å². The van der Waals surface area contributed by atoms with E-state index in [0.717, 1.165) is 40.0 Å². The molecule has 4 rings (SSSR count). The number of benzene rings is 1. The SMILES string of the molecule is CCc1oc2ccccc2c1C=CC(=O)N1CCN(C(=O)Cc2c(C)noc2C)CC1. The van der Waals surface area contributed by atoms with Crippen molar-refractivity contribution in [2.45, 2.75) is 33.6 Å². The van der Waals surface area contributed by atoms with Gasteiger partial charge in [-0.3, -0.25) is 9.59 Å². The molecular formula is C24H27N3O4. The Labute approximate surface area is 181 Å². The fraction of sp³-hybridized carbons (Fsp3) is 0.375. The third-order valence-electron chi connectivity index (χ3n) is 5.88. The quantitative estimate of drug-likeness (QED) is 0.589. The predicted molar refractivity (Wildman–Crippen MR) is 117 cm³/mol. The first-order valence-corrected chi connectivity index (χ1v) is 10.6. The number of amides is 2. The number of aromatic nitrogens is 1. The average molecular weight is 421 g/mol. The second-order valence-electron chi connectivity index (χ2n) is 7.81. The molecule has 7 heteroatoms. The van der Waals surface area contributed by atoms with E-state index in [4.69, 9.17) is 8.94 Å². The largest absolute Gasteiger partial charge is 0.460 e. The lowest BCUT2D eigenvalue weighted by molar-refractivity contribution is -0.136. The van der Waals surface area contributed by atoms with Crippen LogP contribution in [0.4, 0.5) is 0 Å². The molecule has 2 amide bonds. The van der Waals surface area contributed by atoms with Crippen molar-refractivity contribution in [2.75, 3.05) is 26.2 Å². The lowest BCUT2D eigenvalue weighted by Gasteiger charge is -2.34. The molecule has 0 radical (unpaired) electrons. The Kier molecular flexibility index (Phi) is 5.93. The molecule has 3 heterocycles. The van der Waals surface area contributed by atoms with Gasteiger partial charge in [0.25, 0.3) is 0 Å². The molecule has 0 saturated carbocycles. The standard InChI is InChI=1S/C24H27N3O4/c1-4-21-19(18-7-5-6-8-22(18)30-21)9-10-23(28)26-11-13-27(14-12-26)24(29)15-20-16(2)25-31-17(20)3/h5-10H,4,11-15H2,1-3H3. The van der Waals surface area contributed by atoms with E-state index in [9.17, 15) is 9.59 Å². The van der Waals surface area contributed by atoms with E-state index in [1.807, 2.05) is 51.1 Å². The highest BCUT2D eigenvalue weighted by atomic mass is 16.5. The Morgan fingerprint density at radius 1 is 1.10 bits per heavy atom. The molecular weight excluding hydrogens is 394 g/mol. The first-order valence-electron chi connectivity index (χ1n) is 10.6. The number of rotatable bonds is 5. The number of nitrogens with zero attached hydrogens (tertiary/aromatic N) is 3. The fourth-order valence-electron chi connectivity index (χ4n) is 4.01. The number of carbonyl (C=O) groups is 2. The first-order chi connectivity index (χ1) is 15.0. The van der Waals surface area contributed by atoms with Gasteiger partial charge in [0.05, 0.1) is 12.1 Å². The van der Waals surface area contributed by atoms with Gasteiger partial charge in [-0.25, -0.2) is 0 Å². The van der Waals surface area contributed by atoms with Gasteiger partial charge in [-0.1, -0.05) is 30.3 Å². The number of hydrogen-bond acceptors (Lipinski definition) is 5. The summed E-state index contributed by atoms with van der Waals surface area (Å²) < 4.78 is 11.0. The lowest BCUT2D eigenvalue weighted by atomic mass is 10.1. The predicted octanol–water partition coefficient (Wildman–Crippen LogP) is 3.53. The highest BCUT2D eigenvalue weighted by molar-refractivity contribution is 5.96. The molecule has 0 atom stereocenters. The third kappa shape index (κ3) is 4.26. The van der Waals surface area contributed by atoms with Crippen LogP contribution in [0.2, 0.25) is 0 Å². The molecule has 1 aliphatic rings. The monoisotopic (exact) mass is 421 g/mol. The number of aryl methyl sites for hydroxylation is 3. The molecule has 1 aromatic carbocycles. The highest BCUT2D eigenvalue weighted by Crippen LogP contribution is 2.27. The van der Waals surface area contributed by atoms with E-state index >= 15 is 0 Å². The summed E-state index contributed by atoms with van der Waals surface area (Å²) in [5.74, 6) is 1.54. The number of hydrogen-bond donors (Lipinski definition) is 0. The molecule has 1 aliphatic heterocycles. The molecule has 3 aromatic rings. The zero-order valence-corrected chi connectivity index (χ0v) is 18.2. The van der Waals surface area contributed by atoms with Gasteiger partial charge < -0.3 is 18.7 Å². The van der Waals surface area contributed by atoms with Gasteiger partial charge in [-0.15, -0.1) is 0 Å². The zero-order valence-electron chi connectivity index (χ0n) is 18.2. The number of furan rings is 1. The van der Waals surface area contributed by atoms with Crippen LogP contribution in [-0.4, -0.2) is 52.9 Å². The summed E-state index contributed by atoms with van der Waals surface area (Å²) in [7, 11) is 0. The summed E-state index contributed by atoms with van der Waals surface area (Å²) in [6.45, 7) is 7.78. The van der Waals surface area contributed by atoms with Crippen LogP contribution >= 0.6 is 0 Å². The maximum atomic E-state index is 12.7. The van der Waals surface area contributed by atoms with Gasteiger partial charge in [-0.05, 0) is 26.0 Å². The molecule has 0 spiro atoms. The first kappa shape index (κ1) is 20.9. The Hall–Kier alpha value is -3.35. The van der Waals surface area contributed by atoms with Crippen LogP contribution in [0, 0.1) is 13.8 Å². The second-order valence-corrected chi connectivity index (χ2v) is 7.81. The molecule has 0 unspecified atom stereocenters. The highest BCUT2D eigenvalue weighted by Gasteiger charge is 2.25. The lowest BCUT2D eigenvalue weighted by Crippen LogP contribution is -2.50. The summed E-state index contributed by atoms with van der Waals surface area (Å²) in [4.78, 5) is 29.0. The van der Waals surface area contributed by atoms with Crippen LogP contribution < -0.4 is 0 Å². The summed E-state index contributed by atoms with van der Waals surface area (Å²) in [6, 6.07) is 7.85. The second kappa shape index (κ2) is 8.79. The van der Waals surface area contributed by atoms with Crippen molar-refractivity contribution in [1.29, 1.82) is 0 Å².